The molecule has 1 amide bonds. The Labute approximate surface area is 208 Å². The number of aromatic nitrogens is 3. The molecule has 3 aromatic rings. The third kappa shape index (κ3) is 4.36. The minimum atomic E-state index is -0.468. The molecule has 3 heterocycles. The van der Waals surface area contributed by atoms with E-state index >= 15 is 0 Å². The summed E-state index contributed by atoms with van der Waals surface area (Å²) < 4.78 is 1.68. The standard InChI is InChI=1S/C25H28N6O2.BrH/c1-25(2,3)17-8-16(9-19-23(17)28-13-31(19)12-21(26)33)20(32)11-30-10-15-6-7-18(14-4-5-14)29-22(15)24(30)27;/h6-9,13-14,27H,4-5,10-12H2,1-3H3,(H2,26,33);1H. The highest BCUT2D eigenvalue weighted by molar-refractivity contribution is 8.93. The summed E-state index contributed by atoms with van der Waals surface area (Å²) >= 11 is 0. The number of halogens is 1. The predicted octanol–water partition coefficient (Wildman–Crippen LogP) is 3.69. The molecule has 3 N–H and O–H groups in total. The van der Waals surface area contributed by atoms with E-state index in [4.69, 9.17) is 16.1 Å². The first kappa shape index (κ1) is 24.1. The number of carbonyl (C=O) groups excluding carboxylic acids is 2. The maximum absolute atomic E-state index is 13.4. The lowest BCUT2D eigenvalue weighted by Gasteiger charge is -2.22. The van der Waals surface area contributed by atoms with Crippen molar-refractivity contribution in [3.8, 4) is 0 Å². The summed E-state index contributed by atoms with van der Waals surface area (Å²) in [5.74, 6) is 0.266. The molecular formula is C25H29BrN6O2. The van der Waals surface area contributed by atoms with E-state index in [9.17, 15) is 9.59 Å². The lowest BCUT2D eigenvalue weighted by Crippen LogP contribution is -2.30. The number of nitrogens with zero attached hydrogens (tertiary/aromatic N) is 4. The molecule has 5 rings (SSSR count). The molecular weight excluding hydrogens is 496 g/mol. The van der Waals surface area contributed by atoms with Crippen LogP contribution in [0.1, 0.15) is 72.4 Å². The van der Waals surface area contributed by atoms with Crippen molar-refractivity contribution >= 4 is 45.5 Å². The van der Waals surface area contributed by atoms with Gasteiger partial charge in [-0.1, -0.05) is 26.8 Å². The van der Waals surface area contributed by atoms with Crippen LogP contribution in [0.2, 0.25) is 0 Å². The fraction of sp³-hybridized carbons (Fsp3) is 0.400. The van der Waals surface area contributed by atoms with Gasteiger partial charge in [-0.2, -0.15) is 0 Å². The number of benzene rings is 1. The van der Waals surface area contributed by atoms with Crippen LogP contribution in [0.15, 0.2) is 30.6 Å². The van der Waals surface area contributed by atoms with Gasteiger partial charge in [-0.15, -0.1) is 17.0 Å². The third-order valence-electron chi connectivity index (χ3n) is 6.41. The molecule has 0 bridgehead atoms. The van der Waals surface area contributed by atoms with Gasteiger partial charge in [-0.05, 0) is 42.0 Å². The molecule has 2 aromatic heterocycles. The zero-order valence-electron chi connectivity index (χ0n) is 19.6. The largest absolute Gasteiger partial charge is 0.368 e. The van der Waals surface area contributed by atoms with E-state index < -0.39 is 5.91 Å². The number of imidazole rings is 1. The quantitative estimate of drug-likeness (QED) is 0.476. The Morgan fingerprint density at radius 3 is 2.56 bits per heavy atom. The van der Waals surface area contributed by atoms with E-state index in [1.807, 2.05) is 12.1 Å². The second-order valence-corrected chi connectivity index (χ2v) is 10.1. The minimum Gasteiger partial charge on any atom is -0.368 e. The molecule has 0 spiro atoms. The molecule has 178 valence electrons. The van der Waals surface area contributed by atoms with E-state index in [0.29, 0.717) is 35.1 Å². The van der Waals surface area contributed by atoms with Gasteiger partial charge in [0, 0.05) is 29.3 Å². The normalized spacial score (nSPS) is 15.4. The lowest BCUT2D eigenvalue weighted by molar-refractivity contribution is -0.118. The Balaban J connectivity index is 0.00000274. The van der Waals surface area contributed by atoms with Crippen molar-refractivity contribution < 1.29 is 9.59 Å². The number of hydrogen-bond donors (Lipinski definition) is 2. The fourth-order valence-corrected chi connectivity index (χ4v) is 4.47. The van der Waals surface area contributed by atoms with Crippen LogP contribution >= 0.6 is 17.0 Å². The van der Waals surface area contributed by atoms with E-state index in [2.05, 4.69) is 31.8 Å². The summed E-state index contributed by atoms with van der Waals surface area (Å²) in [7, 11) is 0. The number of nitrogens with two attached hydrogens (primary N) is 1. The van der Waals surface area contributed by atoms with Crippen molar-refractivity contribution in [1.29, 1.82) is 5.41 Å². The van der Waals surface area contributed by atoms with Gasteiger partial charge in [0.15, 0.2) is 5.78 Å². The number of amidine groups is 1. The fourth-order valence-electron chi connectivity index (χ4n) is 4.47. The molecule has 1 saturated carbocycles. The number of rotatable bonds is 6. The number of hydrogen-bond acceptors (Lipinski definition) is 5. The minimum absolute atomic E-state index is 0. The van der Waals surface area contributed by atoms with E-state index in [1.54, 1.807) is 21.9 Å². The van der Waals surface area contributed by atoms with Crippen LogP contribution in [-0.2, 0) is 23.3 Å². The Bertz CT molecular complexity index is 1320. The highest BCUT2D eigenvalue weighted by Gasteiger charge is 2.31. The molecule has 9 heteroatoms. The summed E-state index contributed by atoms with van der Waals surface area (Å²) in [6.45, 7) is 6.80. The highest BCUT2D eigenvalue weighted by atomic mass is 79.9. The molecule has 8 nitrogen and oxygen atoms in total. The molecule has 34 heavy (non-hydrogen) atoms. The smallest absolute Gasteiger partial charge is 0.237 e. The van der Waals surface area contributed by atoms with Crippen LogP contribution in [0.5, 0.6) is 0 Å². The lowest BCUT2D eigenvalue weighted by atomic mass is 9.84. The van der Waals surface area contributed by atoms with Crippen LogP contribution in [0, 0.1) is 5.41 Å². The first-order chi connectivity index (χ1) is 15.6. The number of amides is 1. The highest BCUT2D eigenvalue weighted by Crippen LogP contribution is 2.40. The van der Waals surface area contributed by atoms with Crippen molar-refractivity contribution in [2.45, 2.75) is 58.0 Å². The number of pyridine rings is 1. The molecule has 0 atom stereocenters. The van der Waals surface area contributed by atoms with Crippen molar-refractivity contribution in [2.24, 2.45) is 5.73 Å². The van der Waals surface area contributed by atoms with Crippen molar-refractivity contribution in [1.82, 2.24) is 19.4 Å². The average Bonchev–Trinajstić information content (AvgIpc) is 3.46. The van der Waals surface area contributed by atoms with E-state index in [0.717, 1.165) is 35.2 Å². The molecule has 1 aromatic carbocycles. The van der Waals surface area contributed by atoms with Crippen molar-refractivity contribution in [3.05, 3.63) is 58.7 Å². The molecule has 2 aliphatic rings. The summed E-state index contributed by atoms with van der Waals surface area (Å²) in [6.07, 6.45) is 3.91. The Kier molecular flexibility index (Phi) is 6.10. The number of primary amides is 1. The second kappa shape index (κ2) is 8.61. The van der Waals surface area contributed by atoms with Crippen LogP contribution in [0.25, 0.3) is 11.0 Å². The second-order valence-electron chi connectivity index (χ2n) is 10.1. The maximum atomic E-state index is 13.4. The van der Waals surface area contributed by atoms with Gasteiger partial charge >= 0.3 is 0 Å². The number of ketones is 1. The van der Waals surface area contributed by atoms with E-state index in [-0.39, 0.29) is 41.3 Å². The van der Waals surface area contributed by atoms with Gasteiger partial charge in [-0.25, -0.2) is 9.97 Å². The molecule has 0 saturated heterocycles. The summed E-state index contributed by atoms with van der Waals surface area (Å²) in [5.41, 5.74) is 10.8. The van der Waals surface area contributed by atoms with Crippen LogP contribution in [0.3, 0.4) is 0 Å². The van der Waals surface area contributed by atoms with Gasteiger partial charge in [0.05, 0.1) is 23.9 Å². The SMILES string of the molecule is Br.CC(C)(C)c1cc(C(=O)CN2Cc3ccc(C4CC4)nc3C2=N)cc2c1ncn2CC(N)=O. The van der Waals surface area contributed by atoms with Crippen LogP contribution in [-0.4, -0.2) is 43.5 Å². The van der Waals surface area contributed by atoms with E-state index in [1.165, 1.54) is 0 Å². The zero-order chi connectivity index (χ0) is 23.5. The maximum Gasteiger partial charge on any atom is 0.237 e. The number of nitrogens with one attached hydrogen (secondary N) is 1. The van der Waals surface area contributed by atoms with Crippen molar-refractivity contribution in [2.75, 3.05) is 6.54 Å². The van der Waals surface area contributed by atoms with Crippen molar-refractivity contribution in [3.63, 3.8) is 0 Å². The van der Waals surface area contributed by atoms with Gasteiger partial charge in [0.2, 0.25) is 5.91 Å². The number of fused-ring (bicyclic) bond motifs is 2. The van der Waals surface area contributed by atoms with Gasteiger partial charge in [0.25, 0.3) is 0 Å². The Morgan fingerprint density at radius 1 is 1.18 bits per heavy atom. The third-order valence-corrected chi connectivity index (χ3v) is 6.41. The topological polar surface area (TPSA) is 118 Å². The summed E-state index contributed by atoms with van der Waals surface area (Å²) in [5, 5.41) is 8.61. The molecule has 1 fully saturated rings. The number of carbonyl (C=O) groups is 2. The van der Waals surface area contributed by atoms with Crippen LogP contribution in [0.4, 0.5) is 0 Å². The first-order valence-corrected chi connectivity index (χ1v) is 11.3. The first-order valence-electron chi connectivity index (χ1n) is 11.3. The summed E-state index contributed by atoms with van der Waals surface area (Å²) in [4.78, 5) is 35.9. The summed E-state index contributed by atoms with van der Waals surface area (Å²) in [6, 6.07) is 7.77. The average molecular weight is 525 g/mol. The Hall–Kier alpha value is -3.07. The molecule has 1 aliphatic heterocycles. The zero-order valence-corrected chi connectivity index (χ0v) is 21.3. The van der Waals surface area contributed by atoms with Gasteiger partial charge in [-0.3, -0.25) is 15.0 Å². The predicted molar refractivity (Wildman–Crippen MR) is 136 cm³/mol. The number of Topliss-reactive ketones (excluding diaryl/α,β-unsaturated/α-hetero) is 1. The molecule has 0 unspecified atom stereocenters. The molecule has 0 radical (unpaired) electrons. The van der Waals surface area contributed by atoms with Gasteiger partial charge in [0.1, 0.15) is 18.1 Å². The monoisotopic (exact) mass is 524 g/mol. The molecule has 1 aliphatic carbocycles. The van der Waals surface area contributed by atoms with Crippen LogP contribution < -0.4 is 5.73 Å². The Morgan fingerprint density at radius 2 is 1.91 bits per heavy atom. The van der Waals surface area contributed by atoms with Gasteiger partial charge < -0.3 is 15.2 Å².